The topological polar surface area (TPSA) is 15.3 Å². The van der Waals surface area contributed by atoms with Crippen molar-refractivity contribution in [1.82, 2.24) is 10.2 Å². The van der Waals surface area contributed by atoms with Crippen molar-refractivity contribution in [2.75, 3.05) is 20.1 Å². The van der Waals surface area contributed by atoms with Crippen molar-refractivity contribution in [3.63, 3.8) is 0 Å². The molecule has 2 heteroatoms. The van der Waals surface area contributed by atoms with Gasteiger partial charge in [0.2, 0.25) is 0 Å². The highest BCUT2D eigenvalue weighted by molar-refractivity contribution is 4.85. The predicted octanol–water partition coefficient (Wildman–Crippen LogP) is 3.28. The lowest BCUT2D eigenvalue weighted by molar-refractivity contribution is 0.112. The maximum absolute atomic E-state index is 3.69. The molecule has 2 nitrogen and oxygen atoms in total. The Morgan fingerprint density at radius 3 is 2.44 bits per heavy atom. The number of nitrogens with one attached hydrogen (secondary N) is 1. The molecule has 2 fully saturated rings. The Labute approximate surface area is 114 Å². The van der Waals surface area contributed by atoms with Gasteiger partial charge in [0, 0.05) is 18.6 Å². The maximum atomic E-state index is 3.69. The lowest BCUT2D eigenvalue weighted by atomic mass is 9.75. The molecule has 0 aromatic heterocycles. The molecule has 106 valence electrons. The highest BCUT2D eigenvalue weighted by atomic mass is 15.2. The molecule has 0 radical (unpaired) electrons. The van der Waals surface area contributed by atoms with E-state index in [1.807, 2.05) is 0 Å². The second-order valence-electron chi connectivity index (χ2n) is 7.62. The number of rotatable bonds is 3. The molecule has 1 N–H and O–H groups in total. The standard InChI is InChI=1S/C16H32N2/c1-13-7-10-17-14(11-13)12-18(4)15-5-8-16(2,3)9-6-15/h13-15,17H,5-12H2,1-4H3. The number of hydrogen-bond donors (Lipinski definition) is 1. The fraction of sp³-hybridized carbons (Fsp3) is 1.00. The van der Waals surface area contributed by atoms with E-state index in [9.17, 15) is 0 Å². The lowest BCUT2D eigenvalue weighted by Crippen LogP contribution is -2.48. The highest BCUT2D eigenvalue weighted by Gasteiger charge is 2.30. The summed E-state index contributed by atoms with van der Waals surface area (Å²) >= 11 is 0. The third kappa shape index (κ3) is 3.96. The van der Waals surface area contributed by atoms with Crippen molar-refractivity contribution in [2.45, 2.75) is 71.4 Å². The Morgan fingerprint density at radius 1 is 1.17 bits per heavy atom. The molecule has 1 saturated heterocycles. The van der Waals surface area contributed by atoms with Gasteiger partial charge in [0.15, 0.2) is 0 Å². The molecule has 1 saturated carbocycles. The monoisotopic (exact) mass is 252 g/mol. The van der Waals surface area contributed by atoms with E-state index in [4.69, 9.17) is 0 Å². The van der Waals surface area contributed by atoms with E-state index in [0.29, 0.717) is 5.41 Å². The van der Waals surface area contributed by atoms with Gasteiger partial charge < -0.3 is 10.2 Å². The Morgan fingerprint density at radius 2 is 1.83 bits per heavy atom. The Hall–Kier alpha value is -0.0800. The molecule has 2 atom stereocenters. The molecule has 1 aliphatic heterocycles. The van der Waals surface area contributed by atoms with Crippen LogP contribution in [0.3, 0.4) is 0 Å². The summed E-state index contributed by atoms with van der Waals surface area (Å²) in [5.74, 6) is 0.912. The van der Waals surface area contributed by atoms with E-state index in [2.05, 4.69) is 38.0 Å². The van der Waals surface area contributed by atoms with Crippen molar-refractivity contribution in [3.05, 3.63) is 0 Å². The molecule has 1 aliphatic carbocycles. The van der Waals surface area contributed by atoms with Crippen LogP contribution in [0, 0.1) is 11.3 Å². The first-order valence-electron chi connectivity index (χ1n) is 7.90. The predicted molar refractivity (Wildman–Crippen MR) is 78.9 cm³/mol. The van der Waals surface area contributed by atoms with Gasteiger partial charge in [0.25, 0.3) is 0 Å². The van der Waals surface area contributed by atoms with Crippen LogP contribution in [0.5, 0.6) is 0 Å². The average Bonchev–Trinajstić information content (AvgIpc) is 2.28. The van der Waals surface area contributed by atoms with Crippen LogP contribution in [0.2, 0.25) is 0 Å². The zero-order chi connectivity index (χ0) is 13.2. The van der Waals surface area contributed by atoms with Gasteiger partial charge in [-0.05, 0) is 63.5 Å². The average molecular weight is 252 g/mol. The van der Waals surface area contributed by atoms with Crippen LogP contribution in [-0.2, 0) is 0 Å². The minimum absolute atomic E-state index is 0.592. The molecule has 0 amide bonds. The van der Waals surface area contributed by atoms with Gasteiger partial charge in [-0.25, -0.2) is 0 Å². The van der Waals surface area contributed by atoms with E-state index in [-0.39, 0.29) is 0 Å². The summed E-state index contributed by atoms with van der Waals surface area (Å²) in [6.45, 7) is 9.71. The van der Waals surface area contributed by atoms with E-state index < -0.39 is 0 Å². The molecular weight excluding hydrogens is 220 g/mol. The Bertz CT molecular complexity index is 252. The molecule has 0 aromatic carbocycles. The highest BCUT2D eigenvalue weighted by Crippen LogP contribution is 2.36. The van der Waals surface area contributed by atoms with Crippen LogP contribution in [0.1, 0.15) is 59.3 Å². The summed E-state index contributed by atoms with van der Waals surface area (Å²) < 4.78 is 0. The number of likely N-dealkylation sites (N-methyl/N-ethyl adjacent to an activating group) is 1. The lowest BCUT2D eigenvalue weighted by Gasteiger charge is -2.40. The molecule has 0 spiro atoms. The SMILES string of the molecule is CC1CCNC(CN(C)C2CCC(C)(C)CC2)C1. The van der Waals surface area contributed by atoms with Crippen molar-refractivity contribution < 1.29 is 0 Å². The van der Waals surface area contributed by atoms with Crippen molar-refractivity contribution >= 4 is 0 Å². The van der Waals surface area contributed by atoms with Crippen LogP contribution < -0.4 is 5.32 Å². The summed E-state index contributed by atoms with van der Waals surface area (Å²) in [5.41, 5.74) is 0.592. The van der Waals surface area contributed by atoms with Crippen molar-refractivity contribution in [2.24, 2.45) is 11.3 Å². The van der Waals surface area contributed by atoms with Crippen molar-refractivity contribution in [1.29, 1.82) is 0 Å². The molecule has 2 aliphatic rings. The number of nitrogens with zero attached hydrogens (tertiary/aromatic N) is 1. The van der Waals surface area contributed by atoms with E-state index in [1.54, 1.807) is 0 Å². The van der Waals surface area contributed by atoms with E-state index in [0.717, 1.165) is 18.0 Å². The zero-order valence-corrected chi connectivity index (χ0v) is 12.8. The maximum Gasteiger partial charge on any atom is 0.0197 e. The van der Waals surface area contributed by atoms with Gasteiger partial charge in [-0.1, -0.05) is 20.8 Å². The van der Waals surface area contributed by atoms with Gasteiger partial charge in [-0.15, -0.1) is 0 Å². The summed E-state index contributed by atoms with van der Waals surface area (Å²) in [4.78, 5) is 2.63. The fourth-order valence-corrected chi connectivity index (χ4v) is 3.68. The smallest absolute Gasteiger partial charge is 0.0197 e. The minimum Gasteiger partial charge on any atom is -0.313 e. The molecule has 0 aromatic rings. The van der Waals surface area contributed by atoms with Crippen LogP contribution >= 0.6 is 0 Å². The summed E-state index contributed by atoms with van der Waals surface area (Å²) in [6, 6.07) is 1.56. The first-order valence-corrected chi connectivity index (χ1v) is 7.90. The third-order valence-corrected chi connectivity index (χ3v) is 5.20. The van der Waals surface area contributed by atoms with Gasteiger partial charge in [0.1, 0.15) is 0 Å². The second kappa shape index (κ2) is 5.92. The van der Waals surface area contributed by atoms with Crippen LogP contribution in [0.25, 0.3) is 0 Å². The normalized spacial score (nSPS) is 33.8. The van der Waals surface area contributed by atoms with Crippen LogP contribution in [-0.4, -0.2) is 37.1 Å². The number of piperidine rings is 1. The summed E-state index contributed by atoms with van der Waals surface area (Å²) in [6.07, 6.45) is 8.31. The minimum atomic E-state index is 0.592. The van der Waals surface area contributed by atoms with E-state index in [1.165, 1.54) is 51.6 Å². The quantitative estimate of drug-likeness (QED) is 0.829. The fourth-order valence-electron chi connectivity index (χ4n) is 3.68. The number of hydrogen-bond acceptors (Lipinski definition) is 2. The first kappa shape index (κ1) is 14.3. The second-order valence-corrected chi connectivity index (χ2v) is 7.62. The van der Waals surface area contributed by atoms with Crippen LogP contribution in [0.4, 0.5) is 0 Å². The van der Waals surface area contributed by atoms with Gasteiger partial charge in [-0.2, -0.15) is 0 Å². The molecular formula is C16H32N2. The summed E-state index contributed by atoms with van der Waals surface area (Å²) in [7, 11) is 2.34. The van der Waals surface area contributed by atoms with Gasteiger partial charge >= 0.3 is 0 Å². The molecule has 0 bridgehead atoms. The largest absolute Gasteiger partial charge is 0.313 e. The van der Waals surface area contributed by atoms with Gasteiger partial charge in [0.05, 0.1) is 0 Å². The molecule has 1 heterocycles. The zero-order valence-electron chi connectivity index (χ0n) is 12.8. The van der Waals surface area contributed by atoms with Crippen LogP contribution in [0.15, 0.2) is 0 Å². The molecule has 2 unspecified atom stereocenters. The molecule has 2 rings (SSSR count). The third-order valence-electron chi connectivity index (χ3n) is 5.20. The molecule has 18 heavy (non-hydrogen) atoms. The van der Waals surface area contributed by atoms with E-state index >= 15 is 0 Å². The Kier molecular flexibility index (Phi) is 4.71. The summed E-state index contributed by atoms with van der Waals surface area (Å²) in [5, 5.41) is 3.69. The van der Waals surface area contributed by atoms with Gasteiger partial charge in [-0.3, -0.25) is 0 Å². The first-order chi connectivity index (χ1) is 8.46. The Balaban J connectivity index is 1.76. The van der Waals surface area contributed by atoms with Crippen molar-refractivity contribution in [3.8, 4) is 0 Å².